The maximum atomic E-state index is 12.4. The predicted octanol–water partition coefficient (Wildman–Crippen LogP) is 0.702. The fourth-order valence-corrected chi connectivity index (χ4v) is 5.92. The zero-order valence-corrected chi connectivity index (χ0v) is 23.0. The van der Waals surface area contributed by atoms with Crippen molar-refractivity contribution in [3.63, 3.8) is 0 Å². The Balaban J connectivity index is 1.29. The molecule has 3 rings (SSSR count). The molecule has 2 saturated heterocycles. The van der Waals surface area contributed by atoms with Gasteiger partial charge < -0.3 is 36.0 Å². The number of esters is 1. The molecule has 2 aliphatic heterocycles. The van der Waals surface area contributed by atoms with Gasteiger partial charge in [-0.3, -0.25) is 19.2 Å². The number of hydrogen-bond donors (Lipinski definition) is 5. The van der Waals surface area contributed by atoms with E-state index in [2.05, 4.69) is 21.3 Å². The molecule has 40 heavy (non-hydrogen) atoms. The number of carbonyl (C=O) groups excluding carboxylic acids is 5. The summed E-state index contributed by atoms with van der Waals surface area (Å²) in [5.41, 5.74) is 0.575. The number of carboxylic acids is 1. The number of fused-ring (bicyclic) bond motifs is 1. The second-order valence-electron chi connectivity index (χ2n) is 9.67. The SMILES string of the molecule is CN(CC(=O)OCC(NC(=O)CCC(=O)Nc1ccccc1)C(=O)O)C(=O)CCCCC1SCC2NC(=O)NC21. The van der Waals surface area contributed by atoms with E-state index >= 15 is 0 Å². The van der Waals surface area contributed by atoms with Crippen LogP contribution in [0.15, 0.2) is 30.3 Å². The quantitative estimate of drug-likeness (QED) is 0.114. The van der Waals surface area contributed by atoms with Crippen molar-refractivity contribution in [2.45, 2.75) is 61.9 Å². The Morgan fingerprint density at radius 2 is 1.80 bits per heavy atom. The Bertz CT molecular complexity index is 1090. The van der Waals surface area contributed by atoms with Gasteiger partial charge in [-0.05, 0) is 25.0 Å². The second kappa shape index (κ2) is 15.1. The van der Waals surface area contributed by atoms with Gasteiger partial charge in [0.1, 0.15) is 13.2 Å². The lowest BCUT2D eigenvalue weighted by molar-refractivity contribution is -0.153. The topological polar surface area (TPSA) is 183 Å². The highest BCUT2D eigenvalue weighted by Gasteiger charge is 2.42. The minimum Gasteiger partial charge on any atom is -0.480 e. The Hall–Kier alpha value is -3.81. The van der Waals surface area contributed by atoms with Gasteiger partial charge in [-0.15, -0.1) is 0 Å². The summed E-state index contributed by atoms with van der Waals surface area (Å²) in [5.74, 6) is -2.68. The molecule has 0 aliphatic carbocycles. The largest absolute Gasteiger partial charge is 0.480 e. The van der Waals surface area contributed by atoms with Crippen LogP contribution in [0.4, 0.5) is 10.5 Å². The van der Waals surface area contributed by atoms with Gasteiger partial charge in [-0.25, -0.2) is 9.59 Å². The number of aliphatic carboxylic acids is 1. The summed E-state index contributed by atoms with van der Waals surface area (Å²) in [4.78, 5) is 72.9. The van der Waals surface area contributed by atoms with Crippen LogP contribution in [0.5, 0.6) is 0 Å². The van der Waals surface area contributed by atoms with E-state index in [-0.39, 0.29) is 49.8 Å². The van der Waals surface area contributed by atoms with E-state index in [1.807, 2.05) is 11.8 Å². The summed E-state index contributed by atoms with van der Waals surface area (Å²) >= 11 is 1.81. The lowest BCUT2D eigenvalue weighted by atomic mass is 10.0. The molecule has 0 bridgehead atoms. The van der Waals surface area contributed by atoms with Crippen molar-refractivity contribution in [1.29, 1.82) is 0 Å². The number of carboxylic acid groups (broad SMARTS) is 1. The zero-order valence-electron chi connectivity index (χ0n) is 22.2. The van der Waals surface area contributed by atoms with Crippen molar-refractivity contribution >= 4 is 53.1 Å². The van der Waals surface area contributed by atoms with Crippen molar-refractivity contribution in [3.8, 4) is 0 Å². The van der Waals surface area contributed by atoms with Crippen LogP contribution in [0, 0.1) is 0 Å². The maximum Gasteiger partial charge on any atom is 0.329 e. The third-order valence-electron chi connectivity index (χ3n) is 6.54. The minimum atomic E-state index is -1.50. The number of likely N-dealkylation sites (N-methyl/N-ethyl adjacent to an activating group) is 1. The number of unbranched alkanes of at least 4 members (excludes halogenated alkanes) is 1. The summed E-state index contributed by atoms with van der Waals surface area (Å²) in [6, 6.07) is 7.31. The molecule has 0 radical (unpaired) electrons. The molecule has 2 fully saturated rings. The molecule has 218 valence electrons. The fourth-order valence-electron chi connectivity index (χ4n) is 4.37. The first-order valence-corrected chi connectivity index (χ1v) is 14.1. The lowest BCUT2D eigenvalue weighted by Gasteiger charge is -2.19. The number of carbonyl (C=O) groups is 6. The summed E-state index contributed by atoms with van der Waals surface area (Å²) in [5, 5.41) is 20.4. The Morgan fingerprint density at radius 1 is 1.07 bits per heavy atom. The summed E-state index contributed by atoms with van der Waals surface area (Å²) in [7, 11) is 1.46. The van der Waals surface area contributed by atoms with E-state index in [0.29, 0.717) is 17.4 Å². The molecule has 5 amide bonds. The molecule has 4 unspecified atom stereocenters. The zero-order chi connectivity index (χ0) is 29.1. The van der Waals surface area contributed by atoms with Crippen molar-refractivity contribution in [2.75, 3.05) is 31.3 Å². The van der Waals surface area contributed by atoms with Crippen molar-refractivity contribution in [3.05, 3.63) is 30.3 Å². The van der Waals surface area contributed by atoms with Crippen LogP contribution in [0.1, 0.15) is 38.5 Å². The highest BCUT2D eigenvalue weighted by Crippen LogP contribution is 2.33. The number of ether oxygens (including phenoxy) is 1. The summed E-state index contributed by atoms with van der Waals surface area (Å²) in [6.07, 6.45) is 2.13. The Kier molecular flexibility index (Phi) is 11.6. The average molecular weight is 578 g/mol. The number of thioether (sulfide) groups is 1. The van der Waals surface area contributed by atoms with Crippen LogP contribution in [0.3, 0.4) is 0 Å². The predicted molar refractivity (Wildman–Crippen MR) is 146 cm³/mol. The number of urea groups is 1. The molecule has 14 heteroatoms. The number of rotatable bonds is 15. The fraction of sp³-hybridized carbons (Fsp3) is 0.538. The number of hydrogen-bond acceptors (Lipinski definition) is 8. The molecule has 0 aromatic heterocycles. The monoisotopic (exact) mass is 577 g/mol. The first-order valence-electron chi connectivity index (χ1n) is 13.1. The highest BCUT2D eigenvalue weighted by molar-refractivity contribution is 8.00. The van der Waals surface area contributed by atoms with Gasteiger partial charge >= 0.3 is 18.0 Å². The van der Waals surface area contributed by atoms with Gasteiger partial charge in [0, 0.05) is 43.0 Å². The molecule has 1 aromatic carbocycles. The van der Waals surface area contributed by atoms with Gasteiger partial charge in [0.2, 0.25) is 17.7 Å². The number of para-hydroxylation sites is 1. The van der Waals surface area contributed by atoms with Gasteiger partial charge in [0.25, 0.3) is 0 Å². The second-order valence-corrected chi connectivity index (χ2v) is 10.9. The molecule has 2 aliphatic rings. The first kappa shape index (κ1) is 30.7. The standard InChI is InChI=1S/C26H35N5O8S/c1-31(22(34)10-6-5-9-19-24-18(15-40-19)29-26(38)30-24)13-23(35)39-14-17(25(36)37)28-21(33)12-11-20(32)27-16-7-3-2-4-8-16/h2-4,7-8,17-19,24H,5-6,9-15H2,1H3,(H,27,32)(H,28,33)(H,36,37)(H2,29,30,38). The van der Waals surface area contributed by atoms with Crippen LogP contribution >= 0.6 is 11.8 Å². The Labute approximate surface area is 236 Å². The average Bonchev–Trinajstić information content (AvgIpc) is 3.47. The maximum absolute atomic E-state index is 12.4. The molecule has 2 heterocycles. The van der Waals surface area contributed by atoms with Crippen LogP contribution < -0.4 is 21.3 Å². The number of nitrogens with one attached hydrogen (secondary N) is 4. The van der Waals surface area contributed by atoms with Crippen LogP contribution in [-0.4, -0.2) is 95.0 Å². The smallest absolute Gasteiger partial charge is 0.329 e. The Morgan fingerprint density at radius 3 is 2.52 bits per heavy atom. The van der Waals surface area contributed by atoms with Crippen LogP contribution in [0.25, 0.3) is 0 Å². The van der Waals surface area contributed by atoms with E-state index in [4.69, 9.17) is 4.74 Å². The molecule has 5 N–H and O–H groups in total. The van der Waals surface area contributed by atoms with Gasteiger partial charge in [-0.2, -0.15) is 11.8 Å². The first-order chi connectivity index (χ1) is 19.1. The van der Waals surface area contributed by atoms with E-state index in [0.717, 1.165) is 18.6 Å². The normalized spacial score (nSPS) is 19.9. The number of nitrogens with zero attached hydrogens (tertiary/aromatic N) is 1. The van der Waals surface area contributed by atoms with E-state index < -0.39 is 36.4 Å². The van der Waals surface area contributed by atoms with Gasteiger partial charge in [0.05, 0.1) is 12.1 Å². The third kappa shape index (κ3) is 9.74. The molecular weight excluding hydrogens is 542 g/mol. The molecular formula is C26H35N5O8S. The highest BCUT2D eigenvalue weighted by atomic mass is 32.2. The van der Waals surface area contributed by atoms with Crippen molar-refractivity contribution < 1.29 is 38.6 Å². The summed E-state index contributed by atoms with van der Waals surface area (Å²) < 4.78 is 4.98. The summed E-state index contributed by atoms with van der Waals surface area (Å²) in [6.45, 7) is -0.983. The number of amides is 5. The number of benzene rings is 1. The lowest BCUT2D eigenvalue weighted by Crippen LogP contribution is -2.45. The van der Waals surface area contributed by atoms with E-state index in [9.17, 15) is 33.9 Å². The third-order valence-corrected chi connectivity index (χ3v) is 8.05. The number of anilines is 1. The van der Waals surface area contributed by atoms with Crippen molar-refractivity contribution in [1.82, 2.24) is 20.9 Å². The van der Waals surface area contributed by atoms with E-state index in [1.54, 1.807) is 30.3 Å². The molecule has 0 saturated carbocycles. The van der Waals surface area contributed by atoms with Gasteiger partial charge in [0.15, 0.2) is 6.04 Å². The van der Waals surface area contributed by atoms with Crippen molar-refractivity contribution in [2.24, 2.45) is 0 Å². The minimum absolute atomic E-state index is 0.115. The van der Waals surface area contributed by atoms with E-state index in [1.165, 1.54) is 11.9 Å². The van der Waals surface area contributed by atoms with Gasteiger partial charge in [-0.1, -0.05) is 24.6 Å². The molecule has 1 aromatic rings. The molecule has 13 nitrogen and oxygen atoms in total. The molecule has 4 atom stereocenters. The molecule has 0 spiro atoms. The van der Waals surface area contributed by atoms with Crippen LogP contribution in [0.2, 0.25) is 0 Å². The van der Waals surface area contributed by atoms with Crippen LogP contribution in [-0.2, 0) is 28.7 Å².